The maximum absolute atomic E-state index is 12.0. The first-order valence-corrected chi connectivity index (χ1v) is 19.7. The van der Waals surface area contributed by atoms with E-state index in [-0.39, 0.29) is 12.6 Å². The fourth-order valence-corrected chi connectivity index (χ4v) is 13.2. The molecule has 7 nitrogen and oxygen atoms in total. The number of carbonyl (C=O) groups is 2. The first-order valence-electron chi connectivity index (χ1n) is 13.5. The molecule has 0 N–H and O–H groups in total. The van der Waals surface area contributed by atoms with Crippen molar-refractivity contribution in [3.8, 4) is 11.5 Å². The molecular formula is C29H44O7Si2. The van der Waals surface area contributed by atoms with Crippen LogP contribution in [0, 0.1) is 0 Å². The van der Waals surface area contributed by atoms with Crippen LogP contribution in [0.15, 0.2) is 48.5 Å². The van der Waals surface area contributed by atoms with E-state index in [9.17, 15) is 9.59 Å². The van der Waals surface area contributed by atoms with E-state index in [0.717, 1.165) is 23.6 Å². The third kappa shape index (κ3) is 13.4. The summed E-state index contributed by atoms with van der Waals surface area (Å²) in [5, 5.41) is 0. The predicted octanol–water partition coefficient (Wildman–Crippen LogP) is 7.35. The Hall–Kier alpha value is -2.47. The molecule has 0 amide bonds. The average Bonchev–Trinajstić information content (AvgIpc) is 2.83. The standard InChI is InChI=1S/C29H44O7Si2/c1-7-8-21-37(3,4)36-38(5,6)22-9-18-32-19-20-33-29(31)35-28-16-12-26(13-17-28)23-25-10-14-27(15-11-25)34-24(2)30/h10-17H,7-9,18-23H2,1-6H3. The second-order valence-electron chi connectivity index (χ2n) is 10.7. The summed E-state index contributed by atoms with van der Waals surface area (Å²) in [5.74, 6) is 0.597. The Labute approximate surface area is 230 Å². The lowest BCUT2D eigenvalue weighted by Crippen LogP contribution is -2.44. The van der Waals surface area contributed by atoms with Gasteiger partial charge >= 0.3 is 12.1 Å². The summed E-state index contributed by atoms with van der Waals surface area (Å²) in [6, 6.07) is 16.9. The summed E-state index contributed by atoms with van der Waals surface area (Å²) in [5.41, 5.74) is 2.13. The molecule has 0 aliphatic heterocycles. The van der Waals surface area contributed by atoms with E-state index in [2.05, 4.69) is 33.1 Å². The van der Waals surface area contributed by atoms with Crippen molar-refractivity contribution in [1.29, 1.82) is 0 Å². The summed E-state index contributed by atoms with van der Waals surface area (Å²) in [7, 11) is -3.27. The van der Waals surface area contributed by atoms with Crippen molar-refractivity contribution in [2.45, 2.75) is 77.8 Å². The van der Waals surface area contributed by atoms with Gasteiger partial charge in [-0.1, -0.05) is 44.0 Å². The van der Waals surface area contributed by atoms with Gasteiger partial charge in [0.2, 0.25) is 0 Å². The van der Waals surface area contributed by atoms with Crippen LogP contribution < -0.4 is 9.47 Å². The monoisotopic (exact) mass is 560 g/mol. The highest BCUT2D eigenvalue weighted by Gasteiger charge is 2.32. The van der Waals surface area contributed by atoms with Crippen LogP contribution in [0.2, 0.25) is 38.3 Å². The molecule has 0 radical (unpaired) electrons. The van der Waals surface area contributed by atoms with Crippen LogP contribution in [0.1, 0.15) is 44.2 Å². The molecule has 210 valence electrons. The highest BCUT2D eigenvalue weighted by Crippen LogP contribution is 2.24. The van der Waals surface area contributed by atoms with Crippen molar-refractivity contribution in [3.05, 3.63) is 59.7 Å². The van der Waals surface area contributed by atoms with Crippen LogP contribution in [0.4, 0.5) is 4.79 Å². The topological polar surface area (TPSA) is 80.3 Å². The van der Waals surface area contributed by atoms with Crippen LogP contribution in [-0.2, 0) is 24.8 Å². The number of rotatable bonds is 16. The van der Waals surface area contributed by atoms with E-state index in [1.54, 1.807) is 24.3 Å². The molecule has 0 aliphatic carbocycles. The van der Waals surface area contributed by atoms with Gasteiger partial charge in [0.25, 0.3) is 0 Å². The van der Waals surface area contributed by atoms with E-state index < -0.39 is 22.8 Å². The average molecular weight is 561 g/mol. The second-order valence-corrected chi connectivity index (χ2v) is 19.6. The molecule has 0 unspecified atom stereocenters. The lowest BCUT2D eigenvalue weighted by Gasteiger charge is -2.34. The van der Waals surface area contributed by atoms with Gasteiger partial charge in [-0.3, -0.25) is 4.79 Å². The van der Waals surface area contributed by atoms with Gasteiger partial charge < -0.3 is 23.1 Å². The quantitative estimate of drug-likeness (QED) is 0.0698. The first kappa shape index (κ1) is 31.7. The van der Waals surface area contributed by atoms with Gasteiger partial charge in [-0.25, -0.2) is 4.79 Å². The third-order valence-corrected chi connectivity index (χ3v) is 13.5. The molecule has 9 heteroatoms. The molecule has 2 aromatic carbocycles. The Balaban J connectivity index is 1.61. The van der Waals surface area contributed by atoms with Gasteiger partial charge in [0, 0.05) is 13.5 Å². The predicted molar refractivity (Wildman–Crippen MR) is 155 cm³/mol. The summed E-state index contributed by atoms with van der Waals surface area (Å²) in [6.45, 7) is 14.0. The SMILES string of the molecule is CCCC[Si](C)(C)O[Si](C)(C)CCCOCCOC(=O)Oc1ccc(Cc2ccc(OC(C)=O)cc2)cc1. The molecule has 0 spiro atoms. The zero-order chi connectivity index (χ0) is 28.0. The van der Waals surface area contributed by atoms with Gasteiger partial charge in [0.15, 0.2) is 16.6 Å². The number of ether oxygens (including phenoxy) is 4. The maximum atomic E-state index is 12.0. The summed E-state index contributed by atoms with van der Waals surface area (Å²) in [6.07, 6.45) is 3.37. The van der Waals surface area contributed by atoms with Crippen molar-refractivity contribution in [2.24, 2.45) is 0 Å². The Bertz CT molecular complexity index is 989. The number of unbranched alkanes of at least 4 members (excludes halogenated alkanes) is 1. The van der Waals surface area contributed by atoms with E-state index in [4.69, 9.17) is 23.1 Å². The Morgan fingerprint density at radius 1 is 0.711 bits per heavy atom. The summed E-state index contributed by atoms with van der Waals surface area (Å²) < 4.78 is 27.7. The minimum absolute atomic E-state index is 0.147. The highest BCUT2D eigenvalue weighted by molar-refractivity contribution is 6.84. The van der Waals surface area contributed by atoms with Gasteiger partial charge in [0.1, 0.15) is 18.1 Å². The van der Waals surface area contributed by atoms with E-state index in [0.29, 0.717) is 31.1 Å². The van der Waals surface area contributed by atoms with Gasteiger partial charge in [0.05, 0.1) is 6.61 Å². The molecule has 2 rings (SSSR count). The molecule has 0 atom stereocenters. The third-order valence-electron chi connectivity index (χ3n) is 5.92. The normalized spacial score (nSPS) is 11.7. The van der Waals surface area contributed by atoms with Crippen LogP contribution in [0.5, 0.6) is 11.5 Å². The molecule has 0 aliphatic rings. The molecule has 0 saturated carbocycles. The number of hydrogen-bond acceptors (Lipinski definition) is 7. The van der Waals surface area contributed by atoms with Crippen LogP contribution in [0.3, 0.4) is 0 Å². The Kier molecular flexibility index (Phi) is 13.2. The smallest absolute Gasteiger partial charge is 0.455 e. The lowest BCUT2D eigenvalue weighted by atomic mass is 10.0. The second kappa shape index (κ2) is 15.8. The number of benzene rings is 2. The molecule has 2 aromatic rings. The van der Waals surface area contributed by atoms with Crippen molar-refractivity contribution in [2.75, 3.05) is 19.8 Å². The Morgan fingerprint density at radius 3 is 1.76 bits per heavy atom. The van der Waals surface area contributed by atoms with Crippen LogP contribution >= 0.6 is 0 Å². The number of carbonyl (C=O) groups excluding carboxylic acids is 2. The van der Waals surface area contributed by atoms with E-state index >= 15 is 0 Å². The number of hydrogen-bond donors (Lipinski definition) is 0. The Morgan fingerprint density at radius 2 is 1.24 bits per heavy atom. The van der Waals surface area contributed by atoms with Gasteiger partial charge in [-0.2, -0.15) is 0 Å². The van der Waals surface area contributed by atoms with E-state index in [1.807, 2.05) is 24.3 Å². The van der Waals surface area contributed by atoms with Crippen molar-refractivity contribution < 1.29 is 32.7 Å². The molecule has 0 fully saturated rings. The lowest BCUT2D eigenvalue weighted by molar-refractivity contribution is -0.131. The minimum Gasteiger partial charge on any atom is -0.455 e. The summed E-state index contributed by atoms with van der Waals surface area (Å²) >= 11 is 0. The van der Waals surface area contributed by atoms with Gasteiger partial charge in [-0.05, 0) is 86.5 Å². The molecular weight excluding hydrogens is 516 g/mol. The summed E-state index contributed by atoms with van der Waals surface area (Å²) in [4.78, 5) is 23.0. The molecule has 0 aromatic heterocycles. The molecule has 0 saturated heterocycles. The zero-order valence-corrected chi connectivity index (χ0v) is 25.8. The maximum Gasteiger partial charge on any atom is 0.513 e. The fourth-order valence-electron chi connectivity index (χ4n) is 4.22. The van der Waals surface area contributed by atoms with Crippen LogP contribution in [0.25, 0.3) is 0 Å². The van der Waals surface area contributed by atoms with E-state index in [1.165, 1.54) is 25.8 Å². The van der Waals surface area contributed by atoms with Crippen molar-refractivity contribution in [1.82, 2.24) is 0 Å². The zero-order valence-electron chi connectivity index (χ0n) is 23.8. The van der Waals surface area contributed by atoms with Gasteiger partial charge in [-0.15, -0.1) is 0 Å². The van der Waals surface area contributed by atoms with Crippen LogP contribution in [-0.4, -0.2) is 48.6 Å². The van der Waals surface area contributed by atoms with Crippen molar-refractivity contribution >= 4 is 28.8 Å². The first-order chi connectivity index (χ1) is 18.0. The number of esters is 1. The minimum atomic E-state index is -1.69. The fraction of sp³-hybridized carbons (Fsp3) is 0.517. The van der Waals surface area contributed by atoms with Crippen molar-refractivity contribution in [3.63, 3.8) is 0 Å². The largest absolute Gasteiger partial charge is 0.513 e. The molecule has 0 heterocycles. The molecule has 38 heavy (non-hydrogen) atoms. The molecule has 0 bridgehead atoms. The highest BCUT2D eigenvalue weighted by atomic mass is 28.4.